The fourth-order valence-electron chi connectivity index (χ4n) is 11.5. The Morgan fingerprint density at radius 3 is 1.09 bits per heavy atom. The van der Waals surface area contributed by atoms with Crippen LogP contribution in [0.1, 0.15) is 297 Å². The summed E-state index contributed by atoms with van der Waals surface area (Å²) >= 11 is 20.8. The predicted molar refractivity (Wildman–Crippen MR) is 575 cm³/mol. The van der Waals surface area contributed by atoms with Crippen molar-refractivity contribution < 1.29 is 44.0 Å². The molecule has 36 heteroatoms. The number of thiazole rings is 13. The third-order valence-electron chi connectivity index (χ3n) is 17.0. The van der Waals surface area contributed by atoms with Crippen molar-refractivity contribution in [3.63, 3.8) is 0 Å². The number of Topliss-reactive ketones (excluding diaryl/α,β-unsaturated/α-hetero) is 2. The van der Waals surface area contributed by atoms with E-state index in [2.05, 4.69) is 167 Å². The van der Waals surface area contributed by atoms with Gasteiger partial charge in [-0.2, -0.15) is 0 Å². The number of aliphatic hydroxyl groups excluding tert-OH is 3. The maximum Gasteiger partial charge on any atom is 0.357 e. The number of carbonyl (C=O) groups is 4. The molecular weight excluding hydrogens is 1920 g/mol. The maximum absolute atomic E-state index is 11.9. The summed E-state index contributed by atoms with van der Waals surface area (Å²) in [6, 6.07) is 5.65. The van der Waals surface area contributed by atoms with Crippen LogP contribution in [0.2, 0.25) is 0 Å². The molecule has 0 aliphatic heterocycles. The van der Waals surface area contributed by atoms with Crippen molar-refractivity contribution >= 4 is 177 Å². The molecule has 0 fully saturated rings. The Hall–Kier alpha value is -7.76. The molecule has 0 saturated heterocycles. The molecule has 0 bridgehead atoms. The second kappa shape index (κ2) is 62.9. The van der Waals surface area contributed by atoms with Crippen molar-refractivity contribution in [2.24, 2.45) is 41.4 Å². The van der Waals surface area contributed by atoms with E-state index in [1.54, 1.807) is 206 Å². The summed E-state index contributed by atoms with van der Waals surface area (Å²) in [5.41, 5.74) is 5.79. The highest BCUT2D eigenvalue weighted by atomic mass is 32.1. The quantitative estimate of drug-likeness (QED) is 0.0200. The van der Waals surface area contributed by atoms with Crippen molar-refractivity contribution in [3.05, 3.63) is 174 Å². The first-order chi connectivity index (χ1) is 60.3. The summed E-state index contributed by atoms with van der Waals surface area (Å²) in [6.07, 6.45) is 22.3. The number of ketones is 2. The minimum atomic E-state index is -0.506. The number of hydrogen-bond donors (Lipinski definition) is 3. The molecule has 133 heavy (non-hydrogen) atoms. The number of ether oxygens (including phenoxy) is 2. The smallest absolute Gasteiger partial charge is 0.357 e. The largest absolute Gasteiger partial charge is 0.464 e. The highest BCUT2D eigenvalue weighted by Gasteiger charge is 2.26. The van der Waals surface area contributed by atoms with E-state index in [0.29, 0.717) is 78.0 Å². The Morgan fingerprint density at radius 1 is 0.383 bits per heavy atom. The molecule has 14 heterocycles. The van der Waals surface area contributed by atoms with Gasteiger partial charge in [0.15, 0.2) is 77.4 Å². The average Bonchev–Trinajstić information content (AvgIpc) is 1.67. The van der Waals surface area contributed by atoms with Gasteiger partial charge in [-0.1, -0.05) is 169 Å². The zero-order valence-corrected chi connectivity index (χ0v) is 85.3. The standard InChI is InChI=1S/C15H18N2O2S2.C14H16N2O2S.C13H18N2OS2.C13H16N2OS2.C12H16N2OS2.C12H14N2OS2.C11H14N2OS2.7CH4/c1-4-19-13(18)6-5-11-12(9-10(2)3)21-15(17-11)14-16-7-8-20-14;1-9(2)8-11-12(14(17)18-3)16-13(19-11)10-6-4-5-7-15-10;2*1-4-9(16)11-10(7-8(2)3)18-13(15-11)12-14-5-6-17-12;2*1-7(2)6-9-10(8(3)15)14-12(17-9)11-13-4-5-16-11;1-7(2)5-9-8(6-14)13-11(16-9)10-12-3-4-15-10;;;;;;;/h5-8,10H,4,9H2,1-3H3;4-7,9H,8H2,1-3H3;5-6,8-9,16H,4,7H2,1-3H3;5-6,8H,4,7H2,1-3H3;4-5,7-8,15H,6H2,1-3H3;4-5,7H,6H2,1-3H3;3-4,7,14H,5-6H2,1-2H3;7*1H4/b6-5+;;;;;;;;;;;;;. The van der Waals surface area contributed by atoms with Crippen molar-refractivity contribution in [1.29, 1.82) is 0 Å². The second-order valence-corrected chi connectivity index (χ2v) is 44.3. The van der Waals surface area contributed by atoms with Gasteiger partial charge in [-0.15, -0.1) is 147 Å². The molecule has 2 atom stereocenters. The third-order valence-corrected chi connectivity index (χ3v) is 30.1. The summed E-state index contributed by atoms with van der Waals surface area (Å²) in [6.45, 7) is 39.6. The van der Waals surface area contributed by atoms with Crippen LogP contribution in [-0.2, 0) is 65.8 Å². The van der Waals surface area contributed by atoms with E-state index in [1.165, 1.54) is 44.0 Å². The molecule has 14 aromatic rings. The molecule has 0 aromatic carbocycles. The molecule has 0 saturated carbocycles. The summed E-state index contributed by atoms with van der Waals surface area (Å²) in [4.78, 5) is 116. The van der Waals surface area contributed by atoms with Crippen LogP contribution >= 0.6 is 147 Å². The zero-order chi connectivity index (χ0) is 91.7. The van der Waals surface area contributed by atoms with E-state index in [4.69, 9.17) is 9.47 Å². The molecule has 0 amide bonds. The van der Waals surface area contributed by atoms with E-state index in [1.807, 2.05) is 64.3 Å². The van der Waals surface area contributed by atoms with Gasteiger partial charge in [-0.3, -0.25) is 14.6 Å². The summed E-state index contributed by atoms with van der Waals surface area (Å²) in [7, 11) is 1.38. The SMILES string of the molecule is C.C.C.C.C.C.C.CC(=O)c1nc(-c2nccs2)sc1CC(C)C.CC(C)Cc1sc(-c2nccs2)nc1C(C)O.CC(C)Cc1sc(-c2nccs2)nc1CO.CCC(=O)c1nc(-c2nccs2)sc1CC(C)C.CCC(O)c1nc(-c2nccs2)sc1CC(C)C.CCOC(=O)/C=C/c1nc(-c2nccs2)sc1CC(C)C.COC(=O)c1nc(-c2ccccn2)sc1CC(C)C. The minimum absolute atomic E-state index is 0. The number of carbonyl (C=O) groups excluding carboxylic acids is 4. The van der Waals surface area contributed by atoms with Gasteiger partial charge < -0.3 is 24.8 Å². The van der Waals surface area contributed by atoms with Gasteiger partial charge in [0.1, 0.15) is 16.4 Å². The Morgan fingerprint density at radius 2 is 0.722 bits per heavy atom. The predicted octanol–water partition coefficient (Wildman–Crippen LogP) is 29.8. The first-order valence-electron chi connectivity index (χ1n) is 41.5. The van der Waals surface area contributed by atoms with Crippen LogP contribution in [0.5, 0.6) is 0 Å². The number of methoxy groups -OCH3 is 1. The number of aromatic nitrogens is 14. The van der Waals surface area contributed by atoms with Crippen LogP contribution in [0.25, 0.3) is 76.9 Å². The van der Waals surface area contributed by atoms with Crippen molar-refractivity contribution in [1.82, 2.24) is 69.8 Å². The molecule has 0 aliphatic carbocycles. The normalized spacial score (nSPS) is 11.1. The topological polar surface area (TPSA) is 328 Å². The van der Waals surface area contributed by atoms with Crippen molar-refractivity contribution in [2.45, 2.75) is 260 Å². The number of rotatable bonds is 32. The van der Waals surface area contributed by atoms with E-state index in [-0.39, 0.29) is 82.1 Å². The van der Waals surface area contributed by atoms with Gasteiger partial charge >= 0.3 is 11.9 Å². The average molecular weight is 2060 g/mol. The second-order valence-electron chi connectivity index (χ2n) is 31.3. The Balaban J connectivity index is 0.000000770. The van der Waals surface area contributed by atoms with Crippen LogP contribution in [0.4, 0.5) is 0 Å². The monoisotopic (exact) mass is 2060 g/mol. The fraction of sp³-hybridized carbons (Fsp3) is 0.485. The first kappa shape index (κ1) is 123. The summed E-state index contributed by atoms with van der Waals surface area (Å²) < 4.78 is 9.70. The number of pyridine rings is 1. The van der Waals surface area contributed by atoms with E-state index in [0.717, 1.165) is 153 Å². The van der Waals surface area contributed by atoms with Gasteiger partial charge in [0.05, 0.1) is 61.0 Å². The highest BCUT2D eigenvalue weighted by molar-refractivity contribution is 7.23. The van der Waals surface area contributed by atoms with Gasteiger partial charge in [-0.05, 0) is 125 Å². The molecule has 3 N–H and O–H groups in total. The molecule has 2 unspecified atom stereocenters. The lowest BCUT2D eigenvalue weighted by Crippen LogP contribution is -2.06. The van der Waals surface area contributed by atoms with Crippen LogP contribution < -0.4 is 0 Å². The lowest BCUT2D eigenvalue weighted by molar-refractivity contribution is -0.137. The summed E-state index contributed by atoms with van der Waals surface area (Å²) in [5.74, 6) is 3.21. The fourth-order valence-corrected chi connectivity index (χ4v) is 24.7. The van der Waals surface area contributed by atoms with Crippen LogP contribution in [0, 0.1) is 41.4 Å². The van der Waals surface area contributed by atoms with E-state index >= 15 is 0 Å². The van der Waals surface area contributed by atoms with Crippen molar-refractivity contribution in [3.8, 4) is 70.8 Å². The molecule has 0 aliphatic rings. The van der Waals surface area contributed by atoms with Crippen LogP contribution in [0.3, 0.4) is 0 Å². The Labute approximate surface area is 843 Å². The Bertz CT molecular complexity index is 5540. The molecule has 23 nitrogen and oxygen atoms in total. The number of hydrogen-bond acceptors (Lipinski definition) is 36. The zero-order valence-electron chi connectivity index (χ0n) is 74.7. The minimum Gasteiger partial charge on any atom is -0.464 e. The maximum atomic E-state index is 11.9. The van der Waals surface area contributed by atoms with Crippen molar-refractivity contribution in [2.75, 3.05) is 13.7 Å². The molecule has 730 valence electrons. The van der Waals surface area contributed by atoms with Gasteiger partial charge in [-0.25, -0.2) is 74.4 Å². The van der Waals surface area contributed by atoms with Gasteiger partial charge in [0, 0.05) is 129 Å². The lowest BCUT2D eigenvalue weighted by atomic mass is 10.1. The number of nitrogens with zero attached hydrogens (tertiary/aromatic N) is 14. The first-order valence-corrected chi connectivity index (χ1v) is 52.5. The highest BCUT2D eigenvalue weighted by Crippen LogP contribution is 2.40. The summed E-state index contributed by atoms with van der Waals surface area (Å²) in [5, 5.41) is 52.4. The van der Waals surface area contributed by atoms with E-state index in [9.17, 15) is 34.5 Å². The molecular formula is C97H140N14O9S13. The van der Waals surface area contributed by atoms with Crippen LogP contribution in [0.15, 0.2) is 99.9 Å². The number of esters is 2. The Kier molecular flexibility index (Phi) is 58.3. The molecule has 0 spiro atoms. The molecule has 14 aromatic heterocycles. The molecule has 14 rings (SSSR count). The van der Waals surface area contributed by atoms with Gasteiger partial charge in [0.25, 0.3) is 0 Å². The van der Waals surface area contributed by atoms with E-state index < -0.39 is 12.2 Å². The molecule has 0 radical (unpaired) electrons. The third kappa shape index (κ3) is 39.0. The number of aliphatic hydroxyl groups is 3. The van der Waals surface area contributed by atoms with Crippen LogP contribution in [-0.4, -0.2) is 122 Å². The van der Waals surface area contributed by atoms with Gasteiger partial charge in [0.2, 0.25) is 0 Å². The lowest BCUT2D eigenvalue weighted by Gasteiger charge is -2.08.